The molecule has 10 aromatic rings. The van der Waals surface area contributed by atoms with Gasteiger partial charge in [-0.2, -0.15) is 0 Å². The lowest BCUT2D eigenvalue weighted by Crippen LogP contribution is -1.87. The second-order valence-corrected chi connectivity index (χ2v) is 12.9. The van der Waals surface area contributed by atoms with Crippen LogP contribution in [0.5, 0.6) is 0 Å². The Hall–Kier alpha value is -5.72. The lowest BCUT2D eigenvalue weighted by atomic mass is 9.90. The molecule has 11 rings (SSSR count). The van der Waals surface area contributed by atoms with E-state index in [0.29, 0.717) is 0 Å². The van der Waals surface area contributed by atoms with E-state index in [0.717, 1.165) is 6.42 Å². The topological polar surface area (TPSA) is 0 Å². The minimum atomic E-state index is 0.967. The monoisotopic (exact) mass is 566 g/mol. The Kier molecular flexibility index (Phi) is 4.46. The summed E-state index contributed by atoms with van der Waals surface area (Å²) in [7, 11) is 0. The number of benzene rings is 10. The van der Waals surface area contributed by atoms with Crippen LogP contribution in [0, 0.1) is 0 Å². The van der Waals surface area contributed by atoms with Crippen molar-refractivity contribution in [2.45, 2.75) is 6.42 Å². The summed E-state index contributed by atoms with van der Waals surface area (Å²) in [4.78, 5) is 0. The summed E-state index contributed by atoms with van der Waals surface area (Å²) in [5.74, 6) is 0. The molecule has 206 valence electrons. The first kappa shape index (κ1) is 23.7. The standard InChI is InChI=1S/C45H26/c1-3-26-7-11-32-21-36(22-33-12-8-27(4-1)42(26)44(32)33)30-15-17-40-38(19-30)25-39-20-31(16-18-41(39)40)37-23-34-13-9-28-5-2-6-29-10-14-35(24-37)45(34)43(28)29/h1-24H,25H2. The molecule has 0 N–H and O–H groups in total. The van der Waals surface area contributed by atoms with Crippen LogP contribution in [-0.4, -0.2) is 0 Å². The molecule has 0 radical (unpaired) electrons. The van der Waals surface area contributed by atoms with Crippen LogP contribution in [0.2, 0.25) is 0 Å². The third kappa shape index (κ3) is 3.26. The molecule has 0 nitrogen and oxygen atoms in total. The maximum absolute atomic E-state index is 2.43. The number of fused-ring (bicyclic) bond motifs is 3. The quantitative estimate of drug-likeness (QED) is 0.183. The van der Waals surface area contributed by atoms with E-state index < -0.39 is 0 Å². The second kappa shape index (κ2) is 8.46. The second-order valence-electron chi connectivity index (χ2n) is 12.9. The average molecular weight is 567 g/mol. The molecular formula is C45H26. The number of hydrogen-bond donors (Lipinski definition) is 0. The summed E-state index contributed by atoms with van der Waals surface area (Å²) in [6.07, 6.45) is 0.967. The summed E-state index contributed by atoms with van der Waals surface area (Å²) in [6.45, 7) is 0. The van der Waals surface area contributed by atoms with E-state index in [1.54, 1.807) is 0 Å². The first-order chi connectivity index (χ1) is 22.2. The third-order valence-corrected chi connectivity index (χ3v) is 10.5. The van der Waals surface area contributed by atoms with E-state index in [-0.39, 0.29) is 0 Å². The van der Waals surface area contributed by atoms with Gasteiger partial charge in [0.15, 0.2) is 0 Å². The van der Waals surface area contributed by atoms with Gasteiger partial charge in [0.05, 0.1) is 0 Å². The minimum absolute atomic E-state index is 0.967. The maximum Gasteiger partial charge on any atom is -0.00130 e. The lowest BCUT2D eigenvalue weighted by molar-refractivity contribution is 1.26. The molecule has 0 amide bonds. The molecule has 0 atom stereocenters. The summed E-state index contributed by atoms with van der Waals surface area (Å²) in [6, 6.07) is 55.1. The molecule has 0 heteroatoms. The van der Waals surface area contributed by atoms with Crippen LogP contribution < -0.4 is 0 Å². The minimum Gasteiger partial charge on any atom is -0.0610 e. The van der Waals surface area contributed by atoms with Gasteiger partial charge in [0, 0.05) is 0 Å². The van der Waals surface area contributed by atoms with Crippen LogP contribution in [0.4, 0.5) is 0 Å². The van der Waals surface area contributed by atoms with E-state index in [9.17, 15) is 0 Å². The van der Waals surface area contributed by atoms with Gasteiger partial charge in [-0.3, -0.25) is 0 Å². The normalized spacial score (nSPS) is 12.8. The Morgan fingerprint density at radius 3 is 0.978 bits per heavy atom. The van der Waals surface area contributed by atoms with E-state index >= 15 is 0 Å². The molecular weight excluding hydrogens is 540 g/mol. The predicted molar refractivity (Wildman–Crippen MR) is 193 cm³/mol. The van der Waals surface area contributed by atoms with E-state index in [4.69, 9.17) is 0 Å². The molecule has 1 aliphatic carbocycles. The van der Waals surface area contributed by atoms with Crippen molar-refractivity contribution in [2.24, 2.45) is 0 Å². The summed E-state index contributed by atoms with van der Waals surface area (Å²) in [5, 5.41) is 16.0. The Morgan fingerprint density at radius 1 is 0.267 bits per heavy atom. The molecule has 45 heavy (non-hydrogen) atoms. The van der Waals surface area contributed by atoms with Gasteiger partial charge < -0.3 is 0 Å². The largest absolute Gasteiger partial charge is 0.0610 e. The zero-order valence-electron chi connectivity index (χ0n) is 24.6. The third-order valence-electron chi connectivity index (χ3n) is 10.5. The fraction of sp³-hybridized carbons (Fsp3) is 0.0222. The van der Waals surface area contributed by atoms with Gasteiger partial charge >= 0.3 is 0 Å². The molecule has 10 aromatic carbocycles. The van der Waals surface area contributed by atoms with Gasteiger partial charge in [-0.15, -0.1) is 0 Å². The van der Waals surface area contributed by atoms with Crippen molar-refractivity contribution in [1.29, 1.82) is 0 Å². The maximum atomic E-state index is 2.43. The Balaban J connectivity index is 0.991. The van der Waals surface area contributed by atoms with Gasteiger partial charge in [0.25, 0.3) is 0 Å². The van der Waals surface area contributed by atoms with Crippen molar-refractivity contribution >= 4 is 64.6 Å². The number of rotatable bonds is 2. The van der Waals surface area contributed by atoms with Crippen LogP contribution in [0.15, 0.2) is 146 Å². The first-order valence-electron chi connectivity index (χ1n) is 15.9. The van der Waals surface area contributed by atoms with Crippen LogP contribution in [0.1, 0.15) is 11.1 Å². The van der Waals surface area contributed by atoms with Crippen molar-refractivity contribution in [3.05, 3.63) is 157 Å². The van der Waals surface area contributed by atoms with Gasteiger partial charge in [0.2, 0.25) is 0 Å². The molecule has 0 aromatic heterocycles. The summed E-state index contributed by atoms with van der Waals surface area (Å²) >= 11 is 0. The van der Waals surface area contributed by atoms with Crippen molar-refractivity contribution < 1.29 is 0 Å². The SMILES string of the molecule is c1cc2ccc3cc(-c4ccc5c(c4)Cc4cc(-c6cc7ccc8cccc9ccc(c6)c7c89)ccc4-5)cc4ccc(c1)c2c34. The predicted octanol–water partition coefficient (Wildman–Crippen LogP) is 12.4. The van der Waals surface area contributed by atoms with Crippen molar-refractivity contribution in [1.82, 2.24) is 0 Å². The van der Waals surface area contributed by atoms with E-state index in [1.807, 2.05) is 0 Å². The molecule has 0 heterocycles. The van der Waals surface area contributed by atoms with Gasteiger partial charge in [-0.1, -0.05) is 121 Å². The fourth-order valence-electron chi connectivity index (χ4n) is 8.41. The van der Waals surface area contributed by atoms with Crippen molar-refractivity contribution in [3.8, 4) is 33.4 Å². The van der Waals surface area contributed by atoms with E-state index in [1.165, 1.54) is 109 Å². The molecule has 0 bridgehead atoms. The van der Waals surface area contributed by atoms with Gasteiger partial charge in [-0.05, 0) is 140 Å². The molecule has 0 unspecified atom stereocenters. The molecule has 0 saturated heterocycles. The van der Waals surface area contributed by atoms with Crippen molar-refractivity contribution in [2.75, 3.05) is 0 Å². The molecule has 0 spiro atoms. The highest BCUT2D eigenvalue weighted by atomic mass is 14.2. The Labute approximate surface area is 260 Å². The zero-order valence-corrected chi connectivity index (χ0v) is 24.6. The van der Waals surface area contributed by atoms with Crippen LogP contribution >= 0.6 is 0 Å². The lowest BCUT2D eigenvalue weighted by Gasteiger charge is -2.13. The van der Waals surface area contributed by atoms with Gasteiger partial charge in [-0.25, -0.2) is 0 Å². The zero-order chi connectivity index (χ0) is 29.2. The summed E-state index contributed by atoms with van der Waals surface area (Å²) in [5.41, 5.74) is 10.7. The Bertz CT molecular complexity index is 2510. The highest BCUT2D eigenvalue weighted by Gasteiger charge is 2.21. The van der Waals surface area contributed by atoms with E-state index in [2.05, 4.69) is 146 Å². The Morgan fingerprint density at radius 2 is 0.600 bits per heavy atom. The van der Waals surface area contributed by atoms with Crippen molar-refractivity contribution in [3.63, 3.8) is 0 Å². The molecule has 0 saturated carbocycles. The number of hydrogen-bond acceptors (Lipinski definition) is 0. The van der Waals surface area contributed by atoms with Crippen LogP contribution in [-0.2, 0) is 6.42 Å². The van der Waals surface area contributed by atoms with Gasteiger partial charge in [0.1, 0.15) is 0 Å². The van der Waals surface area contributed by atoms with Crippen LogP contribution in [0.25, 0.3) is 98.0 Å². The molecule has 0 aliphatic heterocycles. The first-order valence-corrected chi connectivity index (χ1v) is 15.9. The van der Waals surface area contributed by atoms with Crippen LogP contribution in [0.3, 0.4) is 0 Å². The summed E-state index contributed by atoms with van der Waals surface area (Å²) < 4.78 is 0. The molecule has 1 aliphatic rings. The average Bonchev–Trinajstić information content (AvgIpc) is 3.46. The highest BCUT2D eigenvalue weighted by Crippen LogP contribution is 2.43. The highest BCUT2D eigenvalue weighted by molar-refractivity contribution is 6.25. The molecule has 0 fully saturated rings. The smallest absolute Gasteiger partial charge is 0.00130 e. The fourth-order valence-corrected chi connectivity index (χ4v) is 8.41.